The molecule has 0 aliphatic carbocycles. The second kappa shape index (κ2) is 6.44. The monoisotopic (exact) mass is 242 g/mol. The first-order valence-corrected chi connectivity index (χ1v) is 6.12. The fourth-order valence-electron chi connectivity index (χ4n) is 1.16. The van der Waals surface area contributed by atoms with Gasteiger partial charge in [0.05, 0.1) is 11.2 Å². The molecule has 0 bridgehead atoms. The lowest BCUT2D eigenvalue weighted by molar-refractivity contribution is 0.217. The predicted molar refractivity (Wildman–Crippen MR) is 65.6 cm³/mol. The summed E-state index contributed by atoms with van der Waals surface area (Å²) in [5.41, 5.74) is 2.87. The summed E-state index contributed by atoms with van der Waals surface area (Å²) >= 11 is 1.59. The van der Waals surface area contributed by atoms with E-state index < -0.39 is 0 Å². The van der Waals surface area contributed by atoms with Crippen LogP contribution in [0.3, 0.4) is 0 Å². The smallest absolute Gasteiger partial charge is 0.316 e. The lowest BCUT2D eigenvalue weighted by Gasteiger charge is -2.14. The first-order chi connectivity index (χ1) is 7.61. The zero-order valence-corrected chi connectivity index (χ0v) is 10.7. The second-order valence-electron chi connectivity index (χ2n) is 3.72. The second-order valence-corrected chi connectivity index (χ2v) is 4.43. The van der Waals surface area contributed by atoms with Crippen molar-refractivity contribution in [2.75, 3.05) is 27.2 Å². The third-order valence-electron chi connectivity index (χ3n) is 2.15. The van der Waals surface area contributed by atoms with Crippen molar-refractivity contribution in [1.29, 1.82) is 0 Å². The number of urea groups is 1. The summed E-state index contributed by atoms with van der Waals surface area (Å²) in [5, 5.41) is 8.10. The Balaban J connectivity index is 2.14. The maximum absolute atomic E-state index is 11.2. The van der Waals surface area contributed by atoms with Gasteiger partial charge in [0.1, 0.15) is 0 Å². The molecule has 5 nitrogen and oxygen atoms in total. The minimum atomic E-state index is -0.0666. The van der Waals surface area contributed by atoms with E-state index in [1.165, 1.54) is 4.90 Å². The average Bonchev–Trinajstić information content (AvgIpc) is 2.76. The van der Waals surface area contributed by atoms with Crippen LogP contribution >= 0.6 is 11.3 Å². The Kier molecular flexibility index (Phi) is 5.21. The molecular formula is C10H18N4OS. The van der Waals surface area contributed by atoms with Gasteiger partial charge in [-0.3, -0.25) is 0 Å². The normalized spacial score (nSPS) is 12.2. The Labute approximate surface area is 99.9 Å². The summed E-state index contributed by atoms with van der Waals surface area (Å²) < 4.78 is 0. The van der Waals surface area contributed by atoms with Crippen LogP contribution in [-0.4, -0.2) is 43.1 Å². The standard InChI is InChI=1S/C10H18N4OS/c1-8(9-6-16-7-13-9)11-4-5-12-10(15)14(2)3/h6-8,11H,4-5H2,1-3H3,(H,12,15). The third kappa shape index (κ3) is 4.16. The molecule has 1 aromatic rings. The molecule has 1 heterocycles. The van der Waals surface area contributed by atoms with E-state index in [0.717, 1.165) is 12.2 Å². The number of aromatic nitrogens is 1. The van der Waals surface area contributed by atoms with Crippen molar-refractivity contribution in [2.45, 2.75) is 13.0 Å². The summed E-state index contributed by atoms with van der Waals surface area (Å²) in [4.78, 5) is 16.9. The van der Waals surface area contributed by atoms with E-state index in [0.29, 0.717) is 6.54 Å². The molecular weight excluding hydrogens is 224 g/mol. The number of nitrogens with one attached hydrogen (secondary N) is 2. The van der Waals surface area contributed by atoms with Crippen LogP contribution in [0.25, 0.3) is 0 Å². The van der Waals surface area contributed by atoms with Gasteiger partial charge < -0.3 is 15.5 Å². The zero-order chi connectivity index (χ0) is 12.0. The van der Waals surface area contributed by atoms with Gasteiger partial charge in [0.25, 0.3) is 0 Å². The van der Waals surface area contributed by atoms with Crippen LogP contribution < -0.4 is 10.6 Å². The van der Waals surface area contributed by atoms with Crippen molar-refractivity contribution in [3.63, 3.8) is 0 Å². The minimum absolute atomic E-state index is 0.0666. The molecule has 1 unspecified atom stereocenters. The molecule has 1 aromatic heterocycles. The van der Waals surface area contributed by atoms with Crippen LogP contribution in [0.4, 0.5) is 4.79 Å². The van der Waals surface area contributed by atoms with E-state index in [1.807, 2.05) is 10.9 Å². The number of thiazole rings is 1. The lowest BCUT2D eigenvalue weighted by Crippen LogP contribution is -2.38. The summed E-state index contributed by atoms with van der Waals surface area (Å²) in [6.07, 6.45) is 0. The van der Waals surface area contributed by atoms with E-state index in [1.54, 1.807) is 25.4 Å². The first kappa shape index (κ1) is 12.9. The Bertz CT molecular complexity index is 313. The van der Waals surface area contributed by atoms with Gasteiger partial charge in [0, 0.05) is 38.6 Å². The molecule has 1 atom stereocenters. The summed E-state index contributed by atoms with van der Waals surface area (Å²) in [5.74, 6) is 0. The number of nitrogens with zero attached hydrogens (tertiary/aromatic N) is 2. The largest absolute Gasteiger partial charge is 0.337 e. The fraction of sp³-hybridized carbons (Fsp3) is 0.600. The molecule has 2 amide bonds. The van der Waals surface area contributed by atoms with Crippen molar-refractivity contribution in [2.24, 2.45) is 0 Å². The molecule has 0 aromatic carbocycles. The van der Waals surface area contributed by atoms with Gasteiger partial charge in [0.15, 0.2) is 0 Å². The topological polar surface area (TPSA) is 57.3 Å². The van der Waals surface area contributed by atoms with E-state index in [2.05, 4.69) is 22.5 Å². The maximum atomic E-state index is 11.2. The molecule has 1 rings (SSSR count). The molecule has 16 heavy (non-hydrogen) atoms. The Morgan fingerprint density at radius 3 is 2.88 bits per heavy atom. The first-order valence-electron chi connectivity index (χ1n) is 5.18. The number of hydrogen-bond acceptors (Lipinski definition) is 4. The molecule has 0 spiro atoms. The minimum Gasteiger partial charge on any atom is -0.337 e. The summed E-state index contributed by atoms with van der Waals surface area (Å²) in [7, 11) is 3.45. The van der Waals surface area contributed by atoms with Crippen molar-refractivity contribution in [1.82, 2.24) is 20.5 Å². The van der Waals surface area contributed by atoms with Crippen molar-refractivity contribution < 1.29 is 4.79 Å². The van der Waals surface area contributed by atoms with E-state index >= 15 is 0 Å². The molecule has 0 saturated carbocycles. The van der Waals surface area contributed by atoms with Crippen LogP contribution in [-0.2, 0) is 0 Å². The molecule has 90 valence electrons. The number of carbonyl (C=O) groups excluding carboxylic acids is 1. The highest BCUT2D eigenvalue weighted by molar-refractivity contribution is 7.07. The number of amides is 2. The quantitative estimate of drug-likeness (QED) is 0.759. The highest BCUT2D eigenvalue weighted by Gasteiger charge is 2.06. The molecule has 6 heteroatoms. The molecule has 0 aliphatic rings. The van der Waals surface area contributed by atoms with Gasteiger partial charge in [0.2, 0.25) is 0 Å². The average molecular weight is 242 g/mol. The molecule has 0 aliphatic heterocycles. The molecule has 0 fully saturated rings. The van der Waals surface area contributed by atoms with E-state index in [4.69, 9.17) is 0 Å². The predicted octanol–water partition coefficient (Wildman–Crippen LogP) is 1.06. The van der Waals surface area contributed by atoms with Gasteiger partial charge in [-0.1, -0.05) is 0 Å². The third-order valence-corrected chi connectivity index (χ3v) is 2.76. The van der Waals surface area contributed by atoms with Gasteiger partial charge in [-0.25, -0.2) is 9.78 Å². The Morgan fingerprint density at radius 1 is 1.56 bits per heavy atom. The van der Waals surface area contributed by atoms with Crippen molar-refractivity contribution >= 4 is 17.4 Å². The van der Waals surface area contributed by atoms with Gasteiger partial charge >= 0.3 is 6.03 Å². The van der Waals surface area contributed by atoms with Gasteiger partial charge in [-0.05, 0) is 6.92 Å². The SMILES string of the molecule is CC(NCCNC(=O)N(C)C)c1cscn1. The van der Waals surface area contributed by atoms with Crippen LogP contribution in [0, 0.1) is 0 Å². The fourth-order valence-corrected chi connectivity index (χ4v) is 1.80. The summed E-state index contributed by atoms with van der Waals surface area (Å²) in [6, 6.07) is 0.158. The number of carbonyl (C=O) groups is 1. The molecule has 0 radical (unpaired) electrons. The number of hydrogen-bond donors (Lipinski definition) is 2. The van der Waals surface area contributed by atoms with Crippen molar-refractivity contribution in [3.8, 4) is 0 Å². The highest BCUT2D eigenvalue weighted by Crippen LogP contribution is 2.10. The Hall–Kier alpha value is -1.14. The van der Waals surface area contributed by atoms with Crippen LogP contribution in [0.2, 0.25) is 0 Å². The van der Waals surface area contributed by atoms with Gasteiger partial charge in [-0.15, -0.1) is 11.3 Å². The van der Waals surface area contributed by atoms with Crippen LogP contribution in [0.15, 0.2) is 10.9 Å². The van der Waals surface area contributed by atoms with Gasteiger partial charge in [-0.2, -0.15) is 0 Å². The Morgan fingerprint density at radius 2 is 2.31 bits per heavy atom. The highest BCUT2D eigenvalue weighted by atomic mass is 32.1. The molecule has 2 N–H and O–H groups in total. The molecule has 0 saturated heterocycles. The zero-order valence-electron chi connectivity index (χ0n) is 9.86. The lowest BCUT2D eigenvalue weighted by atomic mass is 10.2. The van der Waals surface area contributed by atoms with Crippen LogP contribution in [0.1, 0.15) is 18.7 Å². The number of rotatable bonds is 5. The van der Waals surface area contributed by atoms with Crippen LogP contribution in [0.5, 0.6) is 0 Å². The van der Waals surface area contributed by atoms with E-state index in [9.17, 15) is 4.79 Å². The summed E-state index contributed by atoms with van der Waals surface area (Å²) in [6.45, 7) is 3.41. The van der Waals surface area contributed by atoms with E-state index in [-0.39, 0.29) is 12.1 Å². The van der Waals surface area contributed by atoms with Crippen molar-refractivity contribution in [3.05, 3.63) is 16.6 Å². The maximum Gasteiger partial charge on any atom is 0.316 e.